The van der Waals surface area contributed by atoms with E-state index in [9.17, 15) is 0 Å². The number of benzene rings is 1. The molecule has 0 saturated carbocycles. The Bertz CT molecular complexity index is 314. The van der Waals surface area contributed by atoms with E-state index in [2.05, 4.69) is 38.1 Å². The molecule has 0 spiro atoms. The van der Waals surface area contributed by atoms with Crippen LogP contribution in [0.5, 0.6) is 0 Å². The summed E-state index contributed by atoms with van der Waals surface area (Å²) in [4.78, 5) is 0. The van der Waals surface area contributed by atoms with Gasteiger partial charge in [-0.15, -0.1) is 0 Å². The summed E-state index contributed by atoms with van der Waals surface area (Å²) in [6.07, 6.45) is 4.81. The first-order valence-corrected chi connectivity index (χ1v) is 7.20. The van der Waals surface area contributed by atoms with Crippen molar-refractivity contribution in [1.82, 2.24) is 0 Å². The van der Waals surface area contributed by atoms with Crippen LogP contribution in [0.4, 0.5) is 0 Å². The van der Waals surface area contributed by atoms with Gasteiger partial charge in [-0.05, 0) is 55.3 Å². The van der Waals surface area contributed by atoms with Crippen molar-refractivity contribution in [2.75, 3.05) is 13.1 Å². The second-order valence-electron chi connectivity index (χ2n) is 5.32. The van der Waals surface area contributed by atoms with E-state index in [0.29, 0.717) is 24.9 Å². The lowest BCUT2D eigenvalue weighted by atomic mass is 9.89. The molecular weight excluding hydrogens is 220 g/mol. The zero-order valence-electron chi connectivity index (χ0n) is 11.9. The third-order valence-electron chi connectivity index (χ3n) is 3.72. The molecule has 0 aliphatic rings. The van der Waals surface area contributed by atoms with Crippen LogP contribution in [0.15, 0.2) is 24.3 Å². The quantitative estimate of drug-likeness (QED) is 0.743. The summed E-state index contributed by atoms with van der Waals surface area (Å²) in [5, 5.41) is 0. The summed E-state index contributed by atoms with van der Waals surface area (Å²) in [7, 11) is 0. The van der Waals surface area contributed by atoms with E-state index in [1.54, 1.807) is 0 Å². The molecule has 0 amide bonds. The Morgan fingerprint density at radius 3 is 2.17 bits per heavy atom. The smallest absolute Gasteiger partial charge is 0.00366 e. The lowest BCUT2D eigenvalue weighted by molar-refractivity contribution is 0.465. The summed E-state index contributed by atoms with van der Waals surface area (Å²) in [6.45, 7) is 5.88. The molecule has 18 heavy (non-hydrogen) atoms. The Morgan fingerprint density at radius 2 is 1.67 bits per heavy atom. The van der Waals surface area contributed by atoms with Crippen LogP contribution in [-0.2, 0) is 6.42 Å². The van der Waals surface area contributed by atoms with Crippen molar-refractivity contribution in [2.45, 2.75) is 45.4 Å². The molecule has 0 radical (unpaired) electrons. The predicted octanol–water partition coefficient (Wildman–Crippen LogP) is 3.06. The number of hydrogen-bond donors (Lipinski definition) is 2. The Labute approximate surface area is 112 Å². The first-order valence-electron chi connectivity index (χ1n) is 7.20. The van der Waals surface area contributed by atoms with Crippen LogP contribution in [-0.4, -0.2) is 13.1 Å². The molecule has 1 aromatic rings. The van der Waals surface area contributed by atoms with Gasteiger partial charge >= 0.3 is 0 Å². The van der Waals surface area contributed by atoms with Crippen LogP contribution >= 0.6 is 0 Å². The topological polar surface area (TPSA) is 52.0 Å². The second-order valence-corrected chi connectivity index (χ2v) is 5.32. The molecule has 4 N–H and O–H groups in total. The Hall–Kier alpha value is -0.860. The van der Waals surface area contributed by atoms with Crippen LogP contribution in [0.3, 0.4) is 0 Å². The largest absolute Gasteiger partial charge is 0.330 e. The summed E-state index contributed by atoms with van der Waals surface area (Å²) in [5.74, 6) is 0.988. The van der Waals surface area contributed by atoms with E-state index in [1.165, 1.54) is 30.4 Å². The highest BCUT2D eigenvalue weighted by Crippen LogP contribution is 2.23. The minimum atomic E-state index is 0.444. The van der Waals surface area contributed by atoms with E-state index in [1.807, 2.05) is 0 Å². The average Bonchev–Trinajstić information content (AvgIpc) is 2.42. The third-order valence-corrected chi connectivity index (χ3v) is 3.72. The molecule has 2 heteroatoms. The molecule has 0 saturated heterocycles. The van der Waals surface area contributed by atoms with Crippen molar-refractivity contribution in [3.8, 4) is 0 Å². The monoisotopic (exact) mass is 248 g/mol. The number of aryl methyl sites for hydroxylation is 1. The highest BCUT2D eigenvalue weighted by molar-refractivity contribution is 5.25. The maximum absolute atomic E-state index is 5.71. The molecule has 102 valence electrons. The van der Waals surface area contributed by atoms with E-state index < -0.39 is 0 Å². The van der Waals surface area contributed by atoms with Gasteiger partial charge in [-0.25, -0.2) is 0 Å². The standard InChI is InChI=1S/C16H28N2/c1-3-4-5-14-6-8-16(9-7-14)13(2)10-15(11-17)12-18/h6-9,13,15H,3-5,10-12,17-18H2,1-2H3. The maximum Gasteiger partial charge on any atom is -0.00366 e. The van der Waals surface area contributed by atoms with Gasteiger partial charge in [-0.3, -0.25) is 0 Å². The van der Waals surface area contributed by atoms with Gasteiger partial charge in [0.1, 0.15) is 0 Å². The number of rotatable bonds is 8. The summed E-state index contributed by atoms with van der Waals surface area (Å²) in [5.41, 5.74) is 14.3. The van der Waals surface area contributed by atoms with Crippen molar-refractivity contribution < 1.29 is 0 Å². The Morgan fingerprint density at radius 1 is 1.06 bits per heavy atom. The van der Waals surface area contributed by atoms with Crippen LogP contribution in [0.25, 0.3) is 0 Å². The molecule has 0 fully saturated rings. The molecule has 1 aromatic carbocycles. The van der Waals surface area contributed by atoms with Crippen molar-refractivity contribution in [2.24, 2.45) is 17.4 Å². The molecule has 0 aliphatic heterocycles. The van der Waals surface area contributed by atoms with Gasteiger partial charge in [-0.1, -0.05) is 44.5 Å². The van der Waals surface area contributed by atoms with Gasteiger partial charge in [0.25, 0.3) is 0 Å². The summed E-state index contributed by atoms with van der Waals surface area (Å²) in [6, 6.07) is 9.06. The van der Waals surface area contributed by atoms with Crippen molar-refractivity contribution in [1.29, 1.82) is 0 Å². The summed E-state index contributed by atoms with van der Waals surface area (Å²) >= 11 is 0. The van der Waals surface area contributed by atoms with Crippen molar-refractivity contribution in [3.05, 3.63) is 35.4 Å². The van der Waals surface area contributed by atoms with Crippen molar-refractivity contribution >= 4 is 0 Å². The Balaban J connectivity index is 2.55. The van der Waals surface area contributed by atoms with E-state index >= 15 is 0 Å². The molecule has 0 bridgehead atoms. The lowest BCUT2D eigenvalue weighted by Gasteiger charge is -2.18. The first kappa shape index (κ1) is 15.2. The summed E-state index contributed by atoms with van der Waals surface area (Å²) < 4.78 is 0. The fourth-order valence-corrected chi connectivity index (χ4v) is 2.32. The van der Waals surface area contributed by atoms with Gasteiger partial charge < -0.3 is 11.5 Å². The third kappa shape index (κ3) is 4.79. The predicted molar refractivity (Wildman–Crippen MR) is 79.7 cm³/mol. The minimum Gasteiger partial charge on any atom is -0.330 e. The van der Waals surface area contributed by atoms with Crippen LogP contribution in [0, 0.1) is 5.92 Å². The van der Waals surface area contributed by atoms with Crippen molar-refractivity contribution in [3.63, 3.8) is 0 Å². The molecule has 1 atom stereocenters. The molecule has 0 aliphatic carbocycles. The van der Waals surface area contributed by atoms with Gasteiger partial charge in [0.2, 0.25) is 0 Å². The van der Waals surface area contributed by atoms with Crippen LogP contribution < -0.4 is 11.5 Å². The molecule has 0 heterocycles. The molecular formula is C16H28N2. The molecule has 1 unspecified atom stereocenters. The highest BCUT2D eigenvalue weighted by atomic mass is 14.6. The zero-order chi connectivity index (χ0) is 13.4. The number of unbranched alkanes of at least 4 members (excludes halogenated alkanes) is 1. The highest BCUT2D eigenvalue weighted by Gasteiger charge is 2.12. The van der Waals surface area contributed by atoms with Gasteiger partial charge in [0, 0.05) is 0 Å². The molecule has 2 nitrogen and oxygen atoms in total. The SMILES string of the molecule is CCCCc1ccc(C(C)CC(CN)CN)cc1. The van der Waals surface area contributed by atoms with Crippen LogP contribution in [0.2, 0.25) is 0 Å². The van der Waals surface area contributed by atoms with Gasteiger partial charge in [-0.2, -0.15) is 0 Å². The number of nitrogens with two attached hydrogens (primary N) is 2. The first-order chi connectivity index (χ1) is 8.71. The fraction of sp³-hybridized carbons (Fsp3) is 0.625. The maximum atomic E-state index is 5.71. The Kier molecular flexibility index (Phi) is 6.99. The zero-order valence-corrected chi connectivity index (χ0v) is 11.9. The van der Waals surface area contributed by atoms with E-state index in [0.717, 1.165) is 6.42 Å². The second kappa shape index (κ2) is 8.28. The fourth-order valence-electron chi connectivity index (χ4n) is 2.32. The average molecular weight is 248 g/mol. The van der Waals surface area contributed by atoms with Crippen LogP contribution in [0.1, 0.15) is 50.2 Å². The van der Waals surface area contributed by atoms with E-state index in [4.69, 9.17) is 11.5 Å². The minimum absolute atomic E-state index is 0.444. The molecule has 0 aromatic heterocycles. The lowest BCUT2D eigenvalue weighted by Crippen LogP contribution is -2.24. The normalized spacial score (nSPS) is 12.9. The van der Waals surface area contributed by atoms with E-state index in [-0.39, 0.29) is 0 Å². The van der Waals surface area contributed by atoms with Gasteiger partial charge in [0.05, 0.1) is 0 Å². The molecule has 1 rings (SSSR count). The van der Waals surface area contributed by atoms with Gasteiger partial charge in [0.15, 0.2) is 0 Å². The number of hydrogen-bond acceptors (Lipinski definition) is 2.